The lowest BCUT2D eigenvalue weighted by molar-refractivity contribution is -0.167. The van der Waals surface area contributed by atoms with Crippen molar-refractivity contribution in [2.75, 3.05) is 13.2 Å². The molecule has 0 spiro atoms. The molecule has 75 heavy (non-hydrogen) atoms. The van der Waals surface area contributed by atoms with E-state index in [4.69, 9.17) is 14.2 Å². The molecule has 0 fully saturated rings. The Balaban J connectivity index is 4.46. The van der Waals surface area contributed by atoms with Crippen molar-refractivity contribution in [3.63, 3.8) is 0 Å². The topological polar surface area (TPSA) is 78.9 Å². The largest absolute Gasteiger partial charge is 0.462 e. The predicted octanol–water partition coefficient (Wildman–Crippen LogP) is 21.7. The Morgan fingerprint density at radius 1 is 0.280 bits per heavy atom. The van der Waals surface area contributed by atoms with Gasteiger partial charge in [0.05, 0.1) is 0 Å². The van der Waals surface area contributed by atoms with E-state index in [2.05, 4.69) is 118 Å². The van der Waals surface area contributed by atoms with Crippen LogP contribution in [-0.2, 0) is 28.6 Å². The Bertz CT molecular complexity index is 1480. The Hall–Kier alpha value is -3.67. The van der Waals surface area contributed by atoms with Gasteiger partial charge in [-0.3, -0.25) is 14.4 Å². The summed E-state index contributed by atoms with van der Waals surface area (Å²) < 4.78 is 16.9. The second-order valence-corrected chi connectivity index (χ2v) is 20.9. The van der Waals surface area contributed by atoms with Crippen molar-refractivity contribution in [1.29, 1.82) is 0 Å². The Labute approximate surface area is 464 Å². The fourth-order valence-corrected chi connectivity index (χ4v) is 8.83. The quantitative estimate of drug-likeness (QED) is 0.0261. The molecule has 0 heterocycles. The summed E-state index contributed by atoms with van der Waals surface area (Å²) in [5, 5.41) is 0. The second kappa shape index (κ2) is 62.9. The second-order valence-electron chi connectivity index (χ2n) is 20.9. The molecule has 0 N–H and O–H groups in total. The summed E-state index contributed by atoms with van der Waals surface area (Å²) in [6.45, 7) is 6.51. The molecule has 0 amide bonds. The van der Waals surface area contributed by atoms with Crippen molar-refractivity contribution in [3.8, 4) is 0 Å². The van der Waals surface area contributed by atoms with Crippen LogP contribution in [0.5, 0.6) is 0 Å². The first-order chi connectivity index (χ1) is 37.0. The summed E-state index contributed by atoms with van der Waals surface area (Å²) in [5.41, 5.74) is 0. The minimum Gasteiger partial charge on any atom is -0.462 e. The molecule has 1 atom stereocenters. The molecule has 1 unspecified atom stereocenters. The molecule has 0 saturated carbocycles. The number of allylic oxidation sites excluding steroid dienone is 16. The average molecular weight is 1040 g/mol. The Morgan fingerprint density at radius 3 is 0.827 bits per heavy atom. The number of ether oxygens (including phenoxy) is 3. The van der Waals surface area contributed by atoms with E-state index in [1.807, 2.05) is 0 Å². The third-order valence-electron chi connectivity index (χ3n) is 13.6. The lowest BCUT2D eigenvalue weighted by Crippen LogP contribution is -2.30. The Morgan fingerprint density at radius 2 is 0.520 bits per heavy atom. The van der Waals surface area contributed by atoms with Crippen LogP contribution in [0.2, 0.25) is 0 Å². The third-order valence-corrected chi connectivity index (χ3v) is 13.6. The van der Waals surface area contributed by atoms with Crippen LogP contribution in [0.3, 0.4) is 0 Å². The first-order valence-corrected chi connectivity index (χ1v) is 31.7. The molecule has 0 aliphatic heterocycles. The van der Waals surface area contributed by atoms with Crippen molar-refractivity contribution >= 4 is 17.9 Å². The molecule has 0 radical (unpaired) electrons. The van der Waals surface area contributed by atoms with Gasteiger partial charge in [-0.15, -0.1) is 0 Å². The van der Waals surface area contributed by atoms with Gasteiger partial charge in [0, 0.05) is 19.3 Å². The zero-order valence-corrected chi connectivity index (χ0v) is 49.3. The van der Waals surface area contributed by atoms with Gasteiger partial charge in [-0.05, 0) is 103 Å². The number of hydrogen-bond donors (Lipinski definition) is 0. The van der Waals surface area contributed by atoms with Crippen molar-refractivity contribution in [1.82, 2.24) is 0 Å². The van der Waals surface area contributed by atoms with Gasteiger partial charge in [0.1, 0.15) is 13.2 Å². The maximum absolute atomic E-state index is 12.9. The van der Waals surface area contributed by atoms with Crippen LogP contribution in [0.15, 0.2) is 97.2 Å². The van der Waals surface area contributed by atoms with Crippen LogP contribution in [0.4, 0.5) is 0 Å². The zero-order valence-electron chi connectivity index (χ0n) is 49.3. The fraction of sp³-hybridized carbons (Fsp3) is 0.725. The van der Waals surface area contributed by atoms with Crippen LogP contribution in [-0.4, -0.2) is 37.2 Å². The summed E-state index contributed by atoms with van der Waals surface area (Å²) in [5.74, 6) is -0.928. The van der Waals surface area contributed by atoms with Crippen LogP contribution < -0.4 is 0 Å². The van der Waals surface area contributed by atoms with E-state index in [1.54, 1.807) is 0 Å². The highest BCUT2D eigenvalue weighted by Gasteiger charge is 2.19. The maximum Gasteiger partial charge on any atom is 0.306 e. The van der Waals surface area contributed by atoms with E-state index < -0.39 is 6.10 Å². The third kappa shape index (κ3) is 61.1. The highest BCUT2D eigenvalue weighted by atomic mass is 16.6. The van der Waals surface area contributed by atoms with Crippen LogP contribution >= 0.6 is 0 Å². The first kappa shape index (κ1) is 71.3. The summed E-state index contributed by atoms with van der Waals surface area (Å²) in [4.78, 5) is 38.3. The first-order valence-electron chi connectivity index (χ1n) is 31.7. The molecule has 0 aromatic carbocycles. The van der Waals surface area contributed by atoms with Crippen molar-refractivity contribution < 1.29 is 28.6 Å². The molecule has 0 aromatic heterocycles. The monoisotopic (exact) mass is 1040 g/mol. The molecule has 430 valence electrons. The lowest BCUT2D eigenvalue weighted by atomic mass is 10.0. The number of hydrogen-bond acceptors (Lipinski definition) is 6. The van der Waals surface area contributed by atoms with Crippen molar-refractivity contribution in [2.45, 2.75) is 309 Å². The van der Waals surface area contributed by atoms with E-state index in [0.29, 0.717) is 12.8 Å². The normalized spacial score (nSPS) is 12.7. The van der Waals surface area contributed by atoms with Crippen molar-refractivity contribution in [2.24, 2.45) is 0 Å². The fourth-order valence-electron chi connectivity index (χ4n) is 8.83. The predicted molar refractivity (Wildman–Crippen MR) is 325 cm³/mol. The summed E-state index contributed by atoms with van der Waals surface area (Å²) in [6, 6.07) is 0. The molecule has 0 aliphatic carbocycles. The van der Waals surface area contributed by atoms with Gasteiger partial charge in [0.2, 0.25) is 0 Å². The highest BCUT2D eigenvalue weighted by molar-refractivity contribution is 5.71. The van der Waals surface area contributed by atoms with E-state index in [0.717, 1.165) is 116 Å². The van der Waals surface area contributed by atoms with Gasteiger partial charge in [-0.2, -0.15) is 0 Å². The van der Waals surface area contributed by atoms with Crippen LogP contribution in [0, 0.1) is 0 Å². The molecule has 0 aromatic rings. The van der Waals surface area contributed by atoms with Gasteiger partial charge < -0.3 is 14.2 Å². The van der Waals surface area contributed by atoms with E-state index in [9.17, 15) is 14.4 Å². The molecular formula is C69H118O6. The molecule has 6 heteroatoms. The molecule has 6 nitrogen and oxygen atoms in total. The highest BCUT2D eigenvalue weighted by Crippen LogP contribution is 2.16. The minimum absolute atomic E-state index is 0.0935. The number of unbranched alkanes of at least 4 members (excludes halogenated alkanes) is 30. The number of esters is 3. The van der Waals surface area contributed by atoms with E-state index in [-0.39, 0.29) is 37.5 Å². The number of carbonyl (C=O) groups excluding carboxylic acids is 3. The standard InChI is InChI=1S/C69H118O6/c1-4-7-10-13-16-19-22-25-28-31-33-34-36-38-41-44-47-50-53-56-59-62-68(71)74-65-66(64-73-67(70)61-58-55-52-49-46-43-40-37-30-27-24-21-18-15-12-9-6-3)75-69(72)63-60-57-54-51-48-45-42-39-35-32-29-26-23-20-17-14-11-8-5-2/h8,11,17,20,22,25-26,29,31,33,35-36,38-39,45,48,66H,4-7,9-10,12-16,18-19,21,23-24,27-28,30,32,34,37,40-44,46-47,49-65H2,1-3H3/b11-8-,20-17-,25-22-,29-26-,33-31-,38-36-,39-35-,48-45-. The summed E-state index contributed by atoms with van der Waals surface area (Å²) >= 11 is 0. The smallest absolute Gasteiger partial charge is 0.306 e. The van der Waals surface area contributed by atoms with Gasteiger partial charge in [-0.25, -0.2) is 0 Å². The maximum atomic E-state index is 12.9. The van der Waals surface area contributed by atoms with Gasteiger partial charge >= 0.3 is 17.9 Å². The lowest BCUT2D eigenvalue weighted by Gasteiger charge is -2.18. The Kier molecular flexibility index (Phi) is 59.8. The number of rotatable bonds is 57. The van der Waals surface area contributed by atoms with Crippen molar-refractivity contribution in [3.05, 3.63) is 97.2 Å². The minimum atomic E-state index is -0.802. The zero-order chi connectivity index (χ0) is 54.3. The number of carbonyl (C=O) groups is 3. The SMILES string of the molecule is CC/C=C\C/C=C\C/C=C\C/C=C\C/C=C\CCCCCC(=O)OC(COC(=O)CCCCCCCC/C=C\C/C=C\C/C=C\CCCCCCC)COC(=O)CCCCCCCCCCCCCCCCCCC. The summed E-state index contributed by atoms with van der Waals surface area (Å²) in [7, 11) is 0. The molecule has 0 bridgehead atoms. The summed E-state index contributed by atoms with van der Waals surface area (Å²) in [6.07, 6.45) is 84.0. The van der Waals surface area contributed by atoms with Crippen LogP contribution in [0.1, 0.15) is 303 Å². The molecular weight excluding hydrogens is 925 g/mol. The van der Waals surface area contributed by atoms with Gasteiger partial charge in [0.25, 0.3) is 0 Å². The average Bonchev–Trinajstić information content (AvgIpc) is 3.41. The van der Waals surface area contributed by atoms with Gasteiger partial charge in [0.15, 0.2) is 6.10 Å². The molecule has 0 aliphatic rings. The molecule has 0 rings (SSSR count). The van der Waals surface area contributed by atoms with E-state index >= 15 is 0 Å². The van der Waals surface area contributed by atoms with Gasteiger partial charge in [-0.1, -0.05) is 279 Å². The van der Waals surface area contributed by atoms with Crippen LogP contribution in [0.25, 0.3) is 0 Å². The molecule has 0 saturated heterocycles. The van der Waals surface area contributed by atoms with E-state index in [1.165, 1.54) is 148 Å².